The number of ketones is 1. The van der Waals surface area contributed by atoms with Crippen LogP contribution in [0.4, 0.5) is 0 Å². The Bertz CT molecular complexity index is 1300. The number of carboxylic acids is 1. The van der Waals surface area contributed by atoms with Gasteiger partial charge in [-0.2, -0.15) is 0 Å². The van der Waals surface area contributed by atoms with Gasteiger partial charge in [0.05, 0.1) is 84.4 Å². The summed E-state index contributed by atoms with van der Waals surface area (Å²) in [6, 6.07) is 7.62. The molecule has 4 N–H and O–H groups in total. The molecule has 1 aromatic rings. The highest BCUT2D eigenvalue weighted by atomic mass is 32.2. The molecule has 1 saturated carbocycles. The van der Waals surface area contributed by atoms with Gasteiger partial charge in [0.1, 0.15) is 0 Å². The number of thioether (sulfide) groups is 1. The zero-order chi connectivity index (χ0) is 37.8. The van der Waals surface area contributed by atoms with Gasteiger partial charge in [0, 0.05) is 35.9 Å². The summed E-state index contributed by atoms with van der Waals surface area (Å²) in [7, 11) is 0. The van der Waals surface area contributed by atoms with Crippen LogP contribution in [0.25, 0.3) is 4.91 Å². The third kappa shape index (κ3) is 16.3. The average molecular weight is 750 g/mol. The lowest BCUT2D eigenvalue weighted by Gasteiger charge is -2.31. The van der Waals surface area contributed by atoms with E-state index in [-0.39, 0.29) is 61.9 Å². The minimum atomic E-state index is -0.891. The number of ether oxygens (including phenoxy) is 5. The molecule has 3 rings (SSSR count). The number of nitrogens with one attached hydrogen (secondary N) is 3. The lowest BCUT2D eigenvalue weighted by atomic mass is 9.79. The molecule has 14 heteroatoms. The van der Waals surface area contributed by atoms with E-state index in [4.69, 9.17) is 28.8 Å². The maximum absolute atomic E-state index is 13.6. The van der Waals surface area contributed by atoms with E-state index in [1.54, 1.807) is 11.8 Å². The highest BCUT2D eigenvalue weighted by Gasteiger charge is 2.38. The number of amides is 2. The molecule has 52 heavy (non-hydrogen) atoms. The first kappa shape index (κ1) is 43.4. The molecule has 3 atom stereocenters. The average Bonchev–Trinajstić information content (AvgIpc) is 3.75. The van der Waals surface area contributed by atoms with Crippen molar-refractivity contribution in [1.29, 1.82) is 0 Å². The second kappa shape index (κ2) is 23.6. The fourth-order valence-corrected chi connectivity index (χ4v) is 7.15. The Morgan fingerprint density at radius 2 is 1.40 bits per heavy atom. The molecular weight excluding hydrogens is 690 g/mol. The van der Waals surface area contributed by atoms with Crippen LogP contribution in [0.5, 0.6) is 0 Å². The van der Waals surface area contributed by atoms with E-state index in [0.717, 1.165) is 30.7 Å². The van der Waals surface area contributed by atoms with Gasteiger partial charge < -0.3 is 44.7 Å². The summed E-state index contributed by atoms with van der Waals surface area (Å²) in [5, 5.41) is 17.9. The largest absolute Gasteiger partial charge is 0.481 e. The summed E-state index contributed by atoms with van der Waals surface area (Å²) in [5.41, 5.74) is 2.90. The SMILES string of the molecule is CC1=C(c2ccc(CNC(=O)C3CCCC3CC(=O)C(NC(=O)CCOCCOCCOCCOCCOCCC(=O)O)C(C)(C)C)cc2)SCN1. The van der Waals surface area contributed by atoms with Crippen LogP contribution in [0.2, 0.25) is 0 Å². The number of hydrogen-bond acceptors (Lipinski definition) is 11. The number of Topliss-reactive ketones (excluding diaryl/α,β-unsaturated/α-hetero) is 1. The fourth-order valence-electron chi connectivity index (χ4n) is 6.12. The van der Waals surface area contributed by atoms with Crippen molar-refractivity contribution in [2.75, 3.05) is 71.9 Å². The minimum absolute atomic E-state index is 0.0151. The maximum atomic E-state index is 13.6. The van der Waals surface area contributed by atoms with Gasteiger partial charge >= 0.3 is 5.97 Å². The van der Waals surface area contributed by atoms with E-state index in [1.807, 2.05) is 32.9 Å². The van der Waals surface area contributed by atoms with Crippen molar-refractivity contribution >= 4 is 40.2 Å². The number of carbonyl (C=O) groups excluding carboxylic acids is 3. The van der Waals surface area contributed by atoms with Crippen molar-refractivity contribution in [2.24, 2.45) is 17.3 Å². The first-order valence-corrected chi connectivity index (χ1v) is 19.3. The number of hydrogen-bond donors (Lipinski definition) is 4. The molecule has 0 radical (unpaired) electrons. The van der Waals surface area contributed by atoms with E-state index in [9.17, 15) is 19.2 Å². The smallest absolute Gasteiger partial charge is 0.305 e. The maximum Gasteiger partial charge on any atom is 0.305 e. The summed E-state index contributed by atoms with van der Waals surface area (Å²) in [6.07, 6.45) is 2.82. The van der Waals surface area contributed by atoms with Crippen LogP contribution in [-0.2, 0) is 49.4 Å². The van der Waals surface area contributed by atoms with Crippen LogP contribution in [0.15, 0.2) is 30.0 Å². The van der Waals surface area contributed by atoms with Crippen molar-refractivity contribution in [3.63, 3.8) is 0 Å². The molecule has 0 aromatic heterocycles. The van der Waals surface area contributed by atoms with Crippen molar-refractivity contribution in [2.45, 2.75) is 78.8 Å². The minimum Gasteiger partial charge on any atom is -0.481 e. The highest BCUT2D eigenvalue weighted by Crippen LogP contribution is 2.36. The summed E-state index contributed by atoms with van der Waals surface area (Å²) in [5.74, 6) is -0.594. The summed E-state index contributed by atoms with van der Waals surface area (Å²) in [4.78, 5) is 51.3. The molecule has 2 aliphatic rings. The molecule has 0 spiro atoms. The molecule has 0 bridgehead atoms. The van der Waals surface area contributed by atoms with Crippen LogP contribution < -0.4 is 16.0 Å². The Hall–Kier alpha value is -3.01. The van der Waals surface area contributed by atoms with Gasteiger partial charge in [0.15, 0.2) is 5.78 Å². The molecule has 3 unspecified atom stereocenters. The van der Waals surface area contributed by atoms with Crippen molar-refractivity contribution < 1.29 is 48.0 Å². The summed E-state index contributed by atoms with van der Waals surface area (Å²) < 4.78 is 26.9. The van der Waals surface area contributed by atoms with Crippen molar-refractivity contribution in [3.8, 4) is 0 Å². The van der Waals surface area contributed by atoms with Gasteiger partial charge in [-0.1, -0.05) is 51.5 Å². The molecule has 1 heterocycles. The summed E-state index contributed by atoms with van der Waals surface area (Å²) in [6.45, 7) is 11.7. The molecular formula is C38H59N3O10S. The first-order valence-electron chi connectivity index (χ1n) is 18.3. The number of aliphatic carboxylic acids is 1. The van der Waals surface area contributed by atoms with Gasteiger partial charge in [0.25, 0.3) is 0 Å². The summed E-state index contributed by atoms with van der Waals surface area (Å²) >= 11 is 1.79. The lowest BCUT2D eigenvalue weighted by molar-refractivity contribution is -0.138. The Kier molecular flexibility index (Phi) is 19.7. The van der Waals surface area contributed by atoms with E-state index < -0.39 is 17.4 Å². The molecule has 1 aliphatic heterocycles. The molecule has 2 amide bonds. The predicted octanol–water partition coefficient (Wildman–Crippen LogP) is 4.14. The third-order valence-corrected chi connectivity index (χ3v) is 10.1. The monoisotopic (exact) mass is 749 g/mol. The lowest BCUT2D eigenvalue weighted by Crippen LogP contribution is -2.50. The number of allylic oxidation sites excluding steroid dienone is 1. The quantitative estimate of drug-likeness (QED) is 0.100. The van der Waals surface area contributed by atoms with E-state index in [0.29, 0.717) is 59.4 Å². The number of benzene rings is 1. The fraction of sp³-hybridized carbons (Fsp3) is 0.684. The zero-order valence-corrected chi connectivity index (χ0v) is 32.1. The van der Waals surface area contributed by atoms with Gasteiger partial charge in [-0.05, 0) is 42.2 Å². The predicted molar refractivity (Wildman–Crippen MR) is 199 cm³/mol. The topological polar surface area (TPSA) is 171 Å². The van der Waals surface area contributed by atoms with Crippen molar-refractivity contribution in [3.05, 3.63) is 41.1 Å². The van der Waals surface area contributed by atoms with Crippen LogP contribution in [0, 0.1) is 17.3 Å². The van der Waals surface area contributed by atoms with Crippen LogP contribution in [0.1, 0.15) is 77.3 Å². The van der Waals surface area contributed by atoms with Gasteiger partial charge in [0.2, 0.25) is 11.8 Å². The Labute approximate surface area is 312 Å². The molecule has 1 fully saturated rings. The second-order valence-electron chi connectivity index (χ2n) is 14.1. The van der Waals surface area contributed by atoms with E-state index in [2.05, 4.69) is 35.0 Å². The molecule has 13 nitrogen and oxygen atoms in total. The van der Waals surface area contributed by atoms with Gasteiger partial charge in [-0.3, -0.25) is 19.2 Å². The van der Waals surface area contributed by atoms with Crippen LogP contribution in [-0.4, -0.2) is 107 Å². The molecule has 1 aromatic carbocycles. The van der Waals surface area contributed by atoms with Crippen LogP contribution >= 0.6 is 11.8 Å². The number of carboxylic acid groups (broad SMARTS) is 1. The van der Waals surface area contributed by atoms with E-state index >= 15 is 0 Å². The molecule has 292 valence electrons. The third-order valence-electron chi connectivity index (χ3n) is 8.95. The molecule has 0 saturated heterocycles. The highest BCUT2D eigenvalue weighted by molar-refractivity contribution is 8.08. The Morgan fingerprint density at radius 1 is 0.846 bits per heavy atom. The first-order chi connectivity index (χ1) is 25.0. The molecule has 1 aliphatic carbocycles. The van der Waals surface area contributed by atoms with E-state index in [1.165, 1.54) is 16.2 Å². The normalized spacial score (nSPS) is 17.9. The van der Waals surface area contributed by atoms with Gasteiger partial charge in [-0.25, -0.2) is 0 Å². The van der Waals surface area contributed by atoms with Crippen molar-refractivity contribution in [1.82, 2.24) is 16.0 Å². The zero-order valence-electron chi connectivity index (χ0n) is 31.3. The second-order valence-corrected chi connectivity index (χ2v) is 15.1. The number of carbonyl (C=O) groups is 4. The number of rotatable bonds is 26. The van der Waals surface area contributed by atoms with Crippen LogP contribution in [0.3, 0.4) is 0 Å². The van der Waals surface area contributed by atoms with Gasteiger partial charge in [-0.15, -0.1) is 11.8 Å². The Balaban J connectivity index is 1.27. The standard InChI is InChI=1S/C38H59N3O10S/c1-27-35(52-26-40-27)29-10-8-28(9-11-29)25-39-37(46)31-7-5-6-30(31)24-32(42)36(38(2,3)4)41-33(43)12-14-47-16-18-49-20-22-51-23-21-50-19-17-48-15-13-34(44)45/h8-11,30-31,36,40H,5-7,12-26H2,1-4H3,(H,39,46)(H,41,43)(H,44,45). The Morgan fingerprint density at radius 3 is 1.92 bits per heavy atom.